The standard InChI is InChI=1S/C16H23BrN2O.ClH/c1-11(13-9-18-10-13)15(20)19-16(2,3)8-12-4-6-14(17)7-5-12;/h4-7,11,13,18H,8-10H2,1-3H3,(H,19,20);1H. The van der Waals surface area contributed by atoms with E-state index in [9.17, 15) is 4.79 Å². The van der Waals surface area contributed by atoms with Gasteiger partial charge >= 0.3 is 0 Å². The maximum absolute atomic E-state index is 12.3. The lowest BCUT2D eigenvalue weighted by Gasteiger charge is -2.34. The van der Waals surface area contributed by atoms with Crippen molar-refractivity contribution in [2.24, 2.45) is 11.8 Å². The first-order chi connectivity index (χ1) is 9.37. The van der Waals surface area contributed by atoms with Gasteiger partial charge in [-0.15, -0.1) is 12.4 Å². The molecule has 2 N–H and O–H groups in total. The molecule has 1 unspecified atom stereocenters. The highest BCUT2D eigenvalue weighted by atomic mass is 79.9. The van der Waals surface area contributed by atoms with Gasteiger partial charge in [-0.3, -0.25) is 4.79 Å². The average molecular weight is 376 g/mol. The number of carbonyl (C=O) groups is 1. The molecule has 118 valence electrons. The molecule has 0 spiro atoms. The second kappa shape index (κ2) is 7.61. The van der Waals surface area contributed by atoms with Gasteiger partial charge in [0.25, 0.3) is 0 Å². The molecule has 5 heteroatoms. The summed E-state index contributed by atoms with van der Waals surface area (Å²) >= 11 is 3.44. The minimum absolute atomic E-state index is 0. The Morgan fingerprint density at radius 2 is 1.95 bits per heavy atom. The summed E-state index contributed by atoms with van der Waals surface area (Å²) in [7, 11) is 0. The monoisotopic (exact) mass is 374 g/mol. The first-order valence-corrected chi connectivity index (χ1v) is 7.94. The van der Waals surface area contributed by atoms with Crippen LogP contribution in [-0.2, 0) is 11.2 Å². The van der Waals surface area contributed by atoms with Gasteiger partial charge in [-0.2, -0.15) is 0 Å². The van der Waals surface area contributed by atoms with Crippen LogP contribution in [0, 0.1) is 11.8 Å². The molecule has 0 bridgehead atoms. The van der Waals surface area contributed by atoms with Crippen LogP contribution in [0.2, 0.25) is 0 Å². The number of rotatable bonds is 5. The van der Waals surface area contributed by atoms with E-state index in [1.54, 1.807) is 0 Å². The number of nitrogens with one attached hydrogen (secondary N) is 2. The van der Waals surface area contributed by atoms with Crippen molar-refractivity contribution in [1.29, 1.82) is 0 Å². The molecular formula is C16H24BrClN2O. The zero-order chi connectivity index (χ0) is 14.8. The van der Waals surface area contributed by atoms with Crippen LogP contribution in [0.4, 0.5) is 0 Å². The normalized spacial score (nSPS) is 16.6. The molecule has 1 heterocycles. The van der Waals surface area contributed by atoms with E-state index in [4.69, 9.17) is 0 Å². The van der Waals surface area contributed by atoms with Crippen molar-refractivity contribution >= 4 is 34.2 Å². The quantitative estimate of drug-likeness (QED) is 0.830. The zero-order valence-electron chi connectivity index (χ0n) is 12.8. The third-order valence-corrected chi connectivity index (χ3v) is 4.48. The fraction of sp³-hybridized carbons (Fsp3) is 0.562. The fourth-order valence-electron chi connectivity index (χ4n) is 2.48. The molecule has 1 aliphatic heterocycles. The highest BCUT2D eigenvalue weighted by Gasteiger charge is 2.31. The summed E-state index contributed by atoms with van der Waals surface area (Å²) in [6.45, 7) is 8.11. The molecule has 0 radical (unpaired) electrons. The largest absolute Gasteiger partial charge is 0.351 e. The van der Waals surface area contributed by atoms with Crippen molar-refractivity contribution in [1.82, 2.24) is 10.6 Å². The van der Waals surface area contributed by atoms with E-state index >= 15 is 0 Å². The Hall–Kier alpha value is -0.580. The van der Waals surface area contributed by atoms with E-state index in [1.807, 2.05) is 19.1 Å². The van der Waals surface area contributed by atoms with Crippen molar-refractivity contribution in [3.05, 3.63) is 34.3 Å². The van der Waals surface area contributed by atoms with Crippen molar-refractivity contribution in [2.45, 2.75) is 32.7 Å². The van der Waals surface area contributed by atoms with Gasteiger partial charge in [-0.25, -0.2) is 0 Å². The van der Waals surface area contributed by atoms with Crippen LogP contribution in [0.3, 0.4) is 0 Å². The number of benzene rings is 1. The zero-order valence-corrected chi connectivity index (χ0v) is 15.2. The molecule has 0 aromatic heterocycles. The topological polar surface area (TPSA) is 41.1 Å². The van der Waals surface area contributed by atoms with Gasteiger partial charge < -0.3 is 10.6 Å². The fourth-order valence-corrected chi connectivity index (χ4v) is 2.75. The summed E-state index contributed by atoms with van der Waals surface area (Å²) in [5.74, 6) is 0.734. The molecule has 21 heavy (non-hydrogen) atoms. The van der Waals surface area contributed by atoms with Crippen molar-refractivity contribution in [3.8, 4) is 0 Å². The van der Waals surface area contributed by atoms with Crippen LogP contribution in [0.15, 0.2) is 28.7 Å². The SMILES string of the molecule is CC(C(=O)NC(C)(C)Cc1ccc(Br)cc1)C1CNC1.Cl. The Kier molecular flexibility index (Phi) is 6.70. The lowest BCUT2D eigenvalue weighted by atomic mass is 9.87. The lowest BCUT2D eigenvalue weighted by molar-refractivity contribution is -0.128. The van der Waals surface area contributed by atoms with E-state index < -0.39 is 0 Å². The van der Waals surface area contributed by atoms with E-state index in [0.717, 1.165) is 24.0 Å². The molecule has 1 aliphatic rings. The molecule has 0 saturated carbocycles. The smallest absolute Gasteiger partial charge is 0.223 e. The van der Waals surface area contributed by atoms with Crippen LogP contribution in [-0.4, -0.2) is 24.5 Å². The predicted molar refractivity (Wildman–Crippen MR) is 92.8 cm³/mol. The second-order valence-electron chi connectivity index (χ2n) is 6.38. The summed E-state index contributed by atoms with van der Waals surface area (Å²) in [6, 6.07) is 8.26. The summed E-state index contributed by atoms with van der Waals surface area (Å²) in [4.78, 5) is 12.3. The van der Waals surface area contributed by atoms with Gasteiger partial charge in [-0.05, 0) is 57.0 Å². The van der Waals surface area contributed by atoms with Gasteiger partial charge in [0.2, 0.25) is 5.91 Å². The maximum atomic E-state index is 12.3. The first kappa shape index (κ1) is 18.5. The molecule has 2 rings (SSSR count). The molecule has 1 saturated heterocycles. The lowest BCUT2D eigenvalue weighted by Crippen LogP contribution is -2.53. The second-order valence-corrected chi connectivity index (χ2v) is 7.30. The molecule has 0 aliphatic carbocycles. The minimum Gasteiger partial charge on any atom is -0.351 e. The summed E-state index contributed by atoms with van der Waals surface area (Å²) in [6.07, 6.45) is 0.835. The number of halogens is 2. The summed E-state index contributed by atoms with van der Waals surface area (Å²) in [5, 5.41) is 6.41. The Labute approximate surface area is 141 Å². The van der Waals surface area contributed by atoms with Crippen molar-refractivity contribution in [3.63, 3.8) is 0 Å². The van der Waals surface area contributed by atoms with Gasteiger partial charge in [-0.1, -0.05) is 35.0 Å². The highest BCUT2D eigenvalue weighted by Crippen LogP contribution is 2.20. The van der Waals surface area contributed by atoms with Crippen LogP contribution < -0.4 is 10.6 Å². The molecule has 1 amide bonds. The first-order valence-electron chi connectivity index (χ1n) is 7.14. The van der Waals surface area contributed by atoms with Crippen LogP contribution >= 0.6 is 28.3 Å². The molecule has 3 nitrogen and oxygen atoms in total. The number of carbonyl (C=O) groups excluding carboxylic acids is 1. The third-order valence-electron chi connectivity index (χ3n) is 3.95. The van der Waals surface area contributed by atoms with Crippen molar-refractivity contribution < 1.29 is 4.79 Å². The Morgan fingerprint density at radius 3 is 2.43 bits per heavy atom. The van der Waals surface area contributed by atoms with Crippen LogP contribution in [0.5, 0.6) is 0 Å². The van der Waals surface area contributed by atoms with E-state index in [2.05, 4.69) is 52.5 Å². The maximum Gasteiger partial charge on any atom is 0.223 e. The average Bonchev–Trinajstić information content (AvgIpc) is 2.29. The van der Waals surface area contributed by atoms with Crippen molar-refractivity contribution in [2.75, 3.05) is 13.1 Å². The number of hydrogen-bond acceptors (Lipinski definition) is 2. The minimum atomic E-state index is -0.226. The van der Waals surface area contributed by atoms with Gasteiger partial charge in [0.15, 0.2) is 0 Å². The number of hydrogen-bond donors (Lipinski definition) is 2. The van der Waals surface area contributed by atoms with E-state index in [1.165, 1.54) is 5.56 Å². The Bertz CT molecular complexity index is 472. The van der Waals surface area contributed by atoms with E-state index in [0.29, 0.717) is 5.92 Å². The molecule has 1 atom stereocenters. The van der Waals surface area contributed by atoms with Crippen LogP contribution in [0.1, 0.15) is 26.3 Å². The highest BCUT2D eigenvalue weighted by molar-refractivity contribution is 9.10. The number of amides is 1. The van der Waals surface area contributed by atoms with Gasteiger partial charge in [0.05, 0.1) is 0 Å². The predicted octanol–water partition coefficient (Wildman–Crippen LogP) is 3.16. The molecular weight excluding hydrogens is 352 g/mol. The van der Waals surface area contributed by atoms with E-state index in [-0.39, 0.29) is 29.8 Å². The van der Waals surface area contributed by atoms with Gasteiger partial charge in [0.1, 0.15) is 0 Å². The summed E-state index contributed by atoms with van der Waals surface area (Å²) in [5.41, 5.74) is 1.01. The Morgan fingerprint density at radius 1 is 1.38 bits per heavy atom. The third kappa shape index (κ3) is 5.28. The van der Waals surface area contributed by atoms with Gasteiger partial charge in [0, 0.05) is 15.9 Å². The molecule has 1 fully saturated rings. The Balaban J connectivity index is 0.00000220. The molecule has 1 aromatic rings. The summed E-state index contributed by atoms with van der Waals surface area (Å²) < 4.78 is 1.08. The van der Waals surface area contributed by atoms with Crippen LogP contribution in [0.25, 0.3) is 0 Å². The molecule has 1 aromatic carbocycles.